The molecule has 8 nitrogen and oxygen atoms in total. The Balaban J connectivity index is 1.88. The largest absolute Gasteiger partial charge is 0.477 e. The molecule has 0 unspecified atom stereocenters. The van der Waals surface area contributed by atoms with Crippen LogP contribution in [0.2, 0.25) is 0 Å². The highest BCUT2D eigenvalue weighted by Gasteiger charge is 2.17. The summed E-state index contributed by atoms with van der Waals surface area (Å²) in [5.41, 5.74) is 0. The molecule has 108 valence electrons. The molecular formula is C10H12N4O4S2. The second-order valence-electron chi connectivity index (χ2n) is 3.87. The van der Waals surface area contributed by atoms with Crippen LogP contribution in [0.4, 0.5) is 0 Å². The van der Waals surface area contributed by atoms with Crippen molar-refractivity contribution in [3.63, 3.8) is 0 Å². The van der Waals surface area contributed by atoms with Crippen molar-refractivity contribution in [2.24, 2.45) is 0 Å². The Morgan fingerprint density at radius 1 is 1.50 bits per heavy atom. The molecule has 2 rings (SSSR count). The SMILES string of the molecule is O=C(O)c1cc(S(=O)(=O)NCCCn2ccnn2)cs1. The fraction of sp³-hybridized carbons (Fsp3) is 0.300. The predicted octanol–water partition coefficient (Wildman–Crippen LogP) is 0.406. The zero-order chi connectivity index (χ0) is 14.6. The maximum Gasteiger partial charge on any atom is 0.345 e. The van der Waals surface area contributed by atoms with Crippen LogP contribution in [0.5, 0.6) is 0 Å². The van der Waals surface area contributed by atoms with Crippen molar-refractivity contribution >= 4 is 27.3 Å². The number of aromatic carboxylic acids is 1. The summed E-state index contributed by atoms with van der Waals surface area (Å²) in [4.78, 5) is 10.7. The van der Waals surface area contributed by atoms with Gasteiger partial charge in [-0.15, -0.1) is 16.4 Å². The summed E-state index contributed by atoms with van der Waals surface area (Å²) in [5, 5.41) is 17.5. The lowest BCUT2D eigenvalue weighted by Gasteiger charge is -2.04. The van der Waals surface area contributed by atoms with Crippen LogP contribution in [-0.2, 0) is 16.6 Å². The van der Waals surface area contributed by atoms with Crippen molar-refractivity contribution in [3.05, 3.63) is 28.7 Å². The second kappa shape index (κ2) is 6.11. The first-order valence-corrected chi connectivity index (χ1v) is 8.01. The summed E-state index contributed by atoms with van der Waals surface area (Å²) in [6.07, 6.45) is 3.79. The topological polar surface area (TPSA) is 114 Å². The predicted molar refractivity (Wildman–Crippen MR) is 71.1 cm³/mol. The van der Waals surface area contributed by atoms with E-state index in [0.717, 1.165) is 17.4 Å². The molecule has 0 aliphatic rings. The maximum absolute atomic E-state index is 11.9. The monoisotopic (exact) mass is 316 g/mol. The van der Waals surface area contributed by atoms with Crippen molar-refractivity contribution < 1.29 is 18.3 Å². The highest BCUT2D eigenvalue weighted by molar-refractivity contribution is 7.89. The van der Waals surface area contributed by atoms with Crippen molar-refractivity contribution in [2.45, 2.75) is 17.9 Å². The molecule has 0 aliphatic heterocycles. The lowest BCUT2D eigenvalue weighted by molar-refractivity contribution is 0.0702. The third-order valence-electron chi connectivity index (χ3n) is 2.42. The van der Waals surface area contributed by atoms with Crippen molar-refractivity contribution in [1.82, 2.24) is 19.7 Å². The van der Waals surface area contributed by atoms with Crippen LogP contribution >= 0.6 is 11.3 Å². The number of carboxylic acid groups (broad SMARTS) is 1. The van der Waals surface area contributed by atoms with Gasteiger partial charge in [0.1, 0.15) is 4.88 Å². The Morgan fingerprint density at radius 3 is 2.90 bits per heavy atom. The van der Waals surface area contributed by atoms with E-state index in [2.05, 4.69) is 15.0 Å². The van der Waals surface area contributed by atoms with Gasteiger partial charge in [-0.3, -0.25) is 4.68 Å². The molecule has 0 saturated carbocycles. The van der Waals surface area contributed by atoms with Gasteiger partial charge in [-0.25, -0.2) is 17.9 Å². The van der Waals surface area contributed by atoms with Gasteiger partial charge in [0, 0.05) is 24.7 Å². The Morgan fingerprint density at radius 2 is 2.30 bits per heavy atom. The third-order valence-corrected chi connectivity index (χ3v) is 4.93. The zero-order valence-corrected chi connectivity index (χ0v) is 11.9. The third kappa shape index (κ3) is 3.62. The number of aryl methyl sites for hydroxylation is 1. The molecule has 2 N–H and O–H groups in total. The minimum atomic E-state index is -3.66. The molecule has 20 heavy (non-hydrogen) atoms. The first-order valence-electron chi connectivity index (χ1n) is 5.64. The van der Waals surface area contributed by atoms with E-state index >= 15 is 0 Å². The number of sulfonamides is 1. The molecule has 2 heterocycles. The van der Waals surface area contributed by atoms with E-state index in [1.165, 1.54) is 5.38 Å². The zero-order valence-electron chi connectivity index (χ0n) is 10.3. The molecular weight excluding hydrogens is 304 g/mol. The molecule has 10 heteroatoms. The Kier molecular flexibility index (Phi) is 4.47. The number of hydrogen-bond donors (Lipinski definition) is 2. The number of aromatic nitrogens is 3. The Labute approximate surface area is 119 Å². The van der Waals surface area contributed by atoms with Gasteiger partial charge in [0.05, 0.1) is 11.1 Å². The van der Waals surface area contributed by atoms with Gasteiger partial charge in [-0.2, -0.15) is 0 Å². The maximum atomic E-state index is 11.9. The van der Waals surface area contributed by atoms with E-state index in [1.807, 2.05) is 0 Å². The summed E-state index contributed by atoms with van der Waals surface area (Å²) in [6, 6.07) is 1.15. The van der Waals surface area contributed by atoms with Gasteiger partial charge in [-0.1, -0.05) is 5.21 Å². The van der Waals surface area contributed by atoms with Crippen LogP contribution in [0.3, 0.4) is 0 Å². The molecule has 0 aromatic carbocycles. The van der Waals surface area contributed by atoms with E-state index in [9.17, 15) is 13.2 Å². The highest BCUT2D eigenvalue weighted by atomic mass is 32.2. The first kappa shape index (κ1) is 14.6. The summed E-state index contributed by atoms with van der Waals surface area (Å²) in [5.74, 6) is -1.14. The van der Waals surface area contributed by atoms with E-state index in [1.54, 1.807) is 17.1 Å². The number of carboxylic acids is 1. The van der Waals surface area contributed by atoms with Crippen LogP contribution in [0.15, 0.2) is 28.7 Å². The molecule has 0 amide bonds. The minimum Gasteiger partial charge on any atom is -0.477 e. The molecule has 0 atom stereocenters. The fourth-order valence-corrected chi connectivity index (χ4v) is 3.64. The molecule has 0 saturated heterocycles. The number of hydrogen-bond acceptors (Lipinski definition) is 6. The molecule has 0 fully saturated rings. The number of nitrogens with one attached hydrogen (secondary N) is 1. The summed E-state index contributed by atoms with van der Waals surface area (Å²) in [7, 11) is -3.66. The molecule has 0 spiro atoms. The van der Waals surface area contributed by atoms with Gasteiger partial charge in [0.25, 0.3) is 0 Å². The lowest BCUT2D eigenvalue weighted by Crippen LogP contribution is -2.25. The fourth-order valence-electron chi connectivity index (χ4n) is 1.45. The van der Waals surface area contributed by atoms with Crippen LogP contribution in [-0.4, -0.2) is 41.0 Å². The molecule has 2 aromatic heterocycles. The standard InChI is InChI=1S/C10H12N4O4S2/c15-10(16)9-6-8(7-19-9)20(17,18)12-2-1-4-14-5-3-11-13-14/h3,5-7,12H,1-2,4H2,(H,15,16). The van der Waals surface area contributed by atoms with E-state index in [0.29, 0.717) is 13.0 Å². The van der Waals surface area contributed by atoms with Gasteiger partial charge in [0.15, 0.2) is 0 Å². The van der Waals surface area contributed by atoms with Crippen molar-refractivity contribution in [2.75, 3.05) is 6.54 Å². The molecule has 2 aromatic rings. The van der Waals surface area contributed by atoms with Crippen molar-refractivity contribution in [3.8, 4) is 0 Å². The van der Waals surface area contributed by atoms with E-state index in [-0.39, 0.29) is 16.3 Å². The van der Waals surface area contributed by atoms with Crippen LogP contribution in [0.1, 0.15) is 16.1 Å². The van der Waals surface area contributed by atoms with E-state index in [4.69, 9.17) is 5.11 Å². The lowest BCUT2D eigenvalue weighted by atomic mass is 10.4. The first-order chi connectivity index (χ1) is 9.49. The smallest absolute Gasteiger partial charge is 0.345 e. The van der Waals surface area contributed by atoms with Crippen molar-refractivity contribution in [1.29, 1.82) is 0 Å². The number of nitrogens with zero attached hydrogens (tertiary/aromatic N) is 3. The normalized spacial score (nSPS) is 11.6. The van der Waals surface area contributed by atoms with Gasteiger partial charge >= 0.3 is 5.97 Å². The van der Waals surface area contributed by atoms with Crippen LogP contribution in [0, 0.1) is 0 Å². The molecule has 0 aliphatic carbocycles. The highest BCUT2D eigenvalue weighted by Crippen LogP contribution is 2.18. The summed E-state index contributed by atoms with van der Waals surface area (Å²) >= 11 is 0.881. The average Bonchev–Trinajstić information content (AvgIpc) is 3.05. The average molecular weight is 316 g/mol. The van der Waals surface area contributed by atoms with Crippen LogP contribution in [0.25, 0.3) is 0 Å². The number of rotatable bonds is 7. The Hall–Kier alpha value is -1.78. The molecule has 0 radical (unpaired) electrons. The van der Waals surface area contributed by atoms with Gasteiger partial charge in [-0.05, 0) is 12.5 Å². The van der Waals surface area contributed by atoms with Gasteiger partial charge < -0.3 is 5.11 Å². The summed E-state index contributed by atoms with van der Waals surface area (Å²) < 4.78 is 27.8. The van der Waals surface area contributed by atoms with E-state index < -0.39 is 16.0 Å². The second-order valence-corrected chi connectivity index (χ2v) is 6.55. The minimum absolute atomic E-state index is 0.00649. The quantitative estimate of drug-likeness (QED) is 0.715. The molecule has 0 bridgehead atoms. The van der Waals surface area contributed by atoms with Gasteiger partial charge in [0.2, 0.25) is 10.0 Å². The Bertz CT molecular complexity index is 678. The number of thiophene rings is 1. The summed E-state index contributed by atoms with van der Waals surface area (Å²) in [6.45, 7) is 0.785. The number of carbonyl (C=O) groups is 1. The van der Waals surface area contributed by atoms with Crippen LogP contribution < -0.4 is 4.72 Å².